The minimum absolute atomic E-state index is 0.178. The van der Waals surface area contributed by atoms with Crippen LogP contribution in [-0.4, -0.2) is 87.4 Å². The molecule has 2 unspecified atom stereocenters. The second-order valence-electron chi connectivity index (χ2n) is 18.1. The van der Waals surface area contributed by atoms with E-state index in [0.29, 0.717) is 17.4 Å². The fraction of sp³-hybridized carbons (Fsp3) is 0.900. The number of esters is 2. The normalized spacial score (nSPS) is 12.9. The molecule has 0 amide bonds. The molecule has 0 aliphatic carbocycles. The number of allylic oxidation sites excluding steroid dienone is 2. The van der Waals surface area contributed by atoms with E-state index in [0.717, 1.165) is 51.4 Å². The maximum Gasteiger partial charge on any atom is 0.361 e. The van der Waals surface area contributed by atoms with Gasteiger partial charge in [0.2, 0.25) is 0 Å². The summed E-state index contributed by atoms with van der Waals surface area (Å²) in [4.78, 5) is 37.2. The highest BCUT2D eigenvalue weighted by Gasteiger charge is 2.25. The molecule has 0 spiro atoms. The fourth-order valence-corrected chi connectivity index (χ4v) is 7.13. The Kier molecular flexibility index (Phi) is 41.3. The van der Waals surface area contributed by atoms with Crippen LogP contribution in [0.4, 0.5) is 0 Å². The average Bonchev–Trinajstić information content (AvgIpc) is 3.19. The van der Waals surface area contributed by atoms with Crippen molar-refractivity contribution in [2.45, 2.75) is 245 Å². The molecule has 59 heavy (non-hydrogen) atoms. The number of carboxylic acids is 1. The summed E-state index contributed by atoms with van der Waals surface area (Å²) in [5, 5.41) is 9.65. The van der Waals surface area contributed by atoms with Gasteiger partial charge >= 0.3 is 17.9 Å². The van der Waals surface area contributed by atoms with E-state index < -0.39 is 24.3 Å². The Hall–Kier alpha value is -1.97. The molecule has 0 heterocycles. The van der Waals surface area contributed by atoms with E-state index in [2.05, 4.69) is 26.0 Å². The lowest BCUT2D eigenvalue weighted by Crippen LogP contribution is -2.40. The third-order valence-corrected chi connectivity index (χ3v) is 11.0. The lowest BCUT2D eigenvalue weighted by molar-refractivity contribution is -0.870. The van der Waals surface area contributed by atoms with Gasteiger partial charge in [-0.15, -0.1) is 0 Å². The molecule has 0 bridgehead atoms. The monoisotopic (exact) mass is 839 g/mol. The molecule has 348 valence electrons. The van der Waals surface area contributed by atoms with Gasteiger partial charge in [0.15, 0.2) is 6.10 Å². The maximum atomic E-state index is 12.8. The minimum Gasteiger partial charge on any atom is -0.477 e. The summed E-state index contributed by atoms with van der Waals surface area (Å²) < 4.78 is 22.8. The Morgan fingerprint density at radius 3 is 1.25 bits per heavy atom. The van der Waals surface area contributed by atoms with Crippen LogP contribution < -0.4 is 0 Å². The third-order valence-electron chi connectivity index (χ3n) is 11.0. The van der Waals surface area contributed by atoms with E-state index in [4.69, 9.17) is 18.9 Å². The van der Waals surface area contributed by atoms with Gasteiger partial charge < -0.3 is 28.5 Å². The second kappa shape index (κ2) is 42.7. The predicted octanol–water partition coefficient (Wildman–Crippen LogP) is 13.5. The van der Waals surface area contributed by atoms with Gasteiger partial charge in [0.05, 0.1) is 34.4 Å². The van der Waals surface area contributed by atoms with Crippen LogP contribution in [0.5, 0.6) is 0 Å². The number of hydrogen-bond donors (Lipinski definition) is 1. The van der Waals surface area contributed by atoms with Crippen molar-refractivity contribution in [3.05, 3.63) is 12.2 Å². The number of carboxylic acid groups (broad SMARTS) is 1. The molecule has 0 aromatic carbocycles. The smallest absolute Gasteiger partial charge is 0.361 e. The molecule has 0 aliphatic rings. The molecular formula is C50H96NO8+. The molecule has 0 aromatic rings. The van der Waals surface area contributed by atoms with E-state index in [9.17, 15) is 19.5 Å². The molecule has 0 saturated carbocycles. The molecule has 0 aromatic heterocycles. The Morgan fingerprint density at radius 2 is 0.864 bits per heavy atom. The van der Waals surface area contributed by atoms with Gasteiger partial charge in [-0.1, -0.05) is 193 Å². The molecule has 0 radical (unpaired) electrons. The number of likely N-dealkylation sites (N-methyl/N-ethyl adjacent to an activating group) is 1. The quantitative estimate of drug-likeness (QED) is 0.0212. The molecule has 0 rings (SSSR count). The summed E-state index contributed by atoms with van der Waals surface area (Å²) in [7, 11) is 5.96. The van der Waals surface area contributed by atoms with Crippen molar-refractivity contribution in [2.24, 2.45) is 0 Å². The second-order valence-corrected chi connectivity index (χ2v) is 18.1. The zero-order valence-corrected chi connectivity index (χ0v) is 39.4. The predicted molar refractivity (Wildman–Crippen MR) is 245 cm³/mol. The molecule has 1 N–H and O–H groups in total. The molecule has 9 heteroatoms. The van der Waals surface area contributed by atoms with Gasteiger partial charge in [0.25, 0.3) is 6.29 Å². The number of rotatable bonds is 46. The highest BCUT2D eigenvalue weighted by atomic mass is 16.7. The highest BCUT2D eigenvalue weighted by Crippen LogP contribution is 2.16. The molecular weight excluding hydrogens is 743 g/mol. The molecule has 9 nitrogen and oxygen atoms in total. The van der Waals surface area contributed by atoms with Crippen molar-refractivity contribution in [3.8, 4) is 0 Å². The lowest BCUT2D eigenvalue weighted by Gasteiger charge is -2.25. The first kappa shape index (κ1) is 57.0. The van der Waals surface area contributed by atoms with Gasteiger partial charge in [0, 0.05) is 12.8 Å². The number of quaternary nitrogens is 1. The number of unbranched alkanes of at least 4 members (excludes halogenated alkanes) is 29. The average molecular weight is 839 g/mol. The van der Waals surface area contributed by atoms with E-state index in [-0.39, 0.29) is 32.2 Å². The number of ether oxygens (including phenoxy) is 4. The van der Waals surface area contributed by atoms with Crippen LogP contribution in [0.25, 0.3) is 0 Å². The first-order valence-corrected chi connectivity index (χ1v) is 24.9. The van der Waals surface area contributed by atoms with Gasteiger partial charge in [-0.2, -0.15) is 0 Å². The van der Waals surface area contributed by atoms with E-state index >= 15 is 0 Å². The van der Waals surface area contributed by atoms with Gasteiger partial charge in [-0.05, 0) is 38.5 Å². The number of nitrogens with zero attached hydrogens (tertiary/aromatic N) is 1. The van der Waals surface area contributed by atoms with E-state index in [1.807, 2.05) is 21.1 Å². The van der Waals surface area contributed by atoms with Crippen LogP contribution in [0.2, 0.25) is 0 Å². The van der Waals surface area contributed by atoms with Gasteiger partial charge in [0.1, 0.15) is 13.2 Å². The number of carbonyl (C=O) groups is 3. The van der Waals surface area contributed by atoms with E-state index in [1.165, 1.54) is 154 Å². The van der Waals surface area contributed by atoms with Crippen molar-refractivity contribution < 1.29 is 42.9 Å². The summed E-state index contributed by atoms with van der Waals surface area (Å²) in [6.07, 6.45) is 42.6. The first-order chi connectivity index (χ1) is 28.6. The third kappa shape index (κ3) is 43.9. The van der Waals surface area contributed by atoms with Crippen LogP contribution in [0.3, 0.4) is 0 Å². The minimum atomic E-state index is -1.51. The van der Waals surface area contributed by atoms with Crippen molar-refractivity contribution in [1.29, 1.82) is 0 Å². The Labute approximate surface area is 364 Å². The van der Waals surface area contributed by atoms with Crippen molar-refractivity contribution in [2.75, 3.05) is 47.5 Å². The van der Waals surface area contributed by atoms with Crippen LogP contribution in [0.15, 0.2) is 12.2 Å². The van der Waals surface area contributed by atoms with Crippen molar-refractivity contribution in [1.82, 2.24) is 0 Å². The summed E-state index contributed by atoms with van der Waals surface area (Å²) in [5.41, 5.74) is 0. The zero-order valence-electron chi connectivity index (χ0n) is 39.4. The van der Waals surface area contributed by atoms with E-state index in [1.54, 1.807) is 0 Å². The number of carbonyl (C=O) groups excluding carboxylic acids is 2. The largest absolute Gasteiger partial charge is 0.477 e. The Morgan fingerprint density at radius 1 is 0.492 bits per heavy atom. The lowest BCUT2D eigenvalue weighted by atomic mass is 10.0. The van der Waals surface area contributed by atoms with Gasteiger partial charge in [-0.25, -0.2) is 4.79 Å². The van der Waals surface area contributed by atoms with Gasteiger partial charge in [-0.3, -0.25) is 9.59 Å². The summed E-state index contributed by atoms with van der Waals surface area (Å²) in [6, 6.07) is 0. The highest BCUT2D eigenvalue weighted by molar-refractivity contribution is 5.71. The van der Waals surface area contributed by atoms with Crippen LogP contribution in [0, 0.1) is 0 Å². The standard InChI is InChI=1S/C50H95NO8/c1-6-8-10-12-14-16-18-20-22-24-25-27-29-31-33-35-37-39-41-48(53)59-46(45-58-50(49(54)55)56-43-42-51(3,4)5)44-57-47(52)40-38-36-34-32-30-28-26-23-21-19-17-15-13-11-9-7-2/h22,24,46,50H,6-21,23,25-45H2,1-5H3/p+1/b24-22-. The topological polar surface area (TPSA) is 108 Å². The first-order valence-electron chi connectivity index (χ1n) is 24.9. The van der Waals surface area contributed by atoms with Crippen LogP contribution in [-0.2, 0) is 33.3 Å². The summed E-state index contributed by atoms with van der Waals surface area (Å²) >= 11 is 0. The van der Waals surface area contributed by atoms with Crippen molar-refractivity contribution in [3.63, 3.8) is 0 Å². The SMILES string of the molecule is CCCCCCCCC/C=C\CCCCCCCCCC(=O)OC(COC(=O)CCCCCCCCCCCCCCCCCC)COC(OCC[N+](C)(C)C)C(=O)O. The summed E-state index contributed by atoms with van der Waals surface area (Å²) in [6.45, 7) is 4.90. The molecule has 0 saturated heterocycles. The van der Waals surface area contributed by atoms with Crippen molar-refractivity contribution >= 4 is 17.9 Å². The molecule has 0 aliphatic heterocycles. The Balaban J connectivity index is 4.35. The molecule has 0 fully saturated rings. The zero-order chi connectivity index (χ0) is 43.5. The van der Waals surface area contributed by atoms with Crippen LogP contribution >= 0.6 is 0 Å². The Bertz CT molecular complexity index is 980. The fourth-order valence-electron chi connectivity index (χ4n) is 7.13. The molecule has 2 atom stereocenters. The number of hydrogen-bond acceptors (Lipinski definition) is 7. The number of aliphatic carboxylic acids is 1. The summed E-state index contributed by atoms with van der Waals surface area (Å²) in [5.74, 6) is -1.99. The maximum absolute atomic E-state index is 12.8. The van der Waals surface area contributed by atoms with Crippen LogP contribution in [0.1, 0.15) is 232 Å².